The fourth-order valence-electron chi connectivity index (χ4n) is 4.93. The number of carbonyl (C=O) groups excluding carboxylic acids is 7. The number of aliphatic hydroxyl groups is 6. The largest absolute Gasteiger partial charge is 1.51 e. The fourth-order valence-corrected chi connectivity index (χ4v) is 5.02. The van der Waals surface area contributed by atoms with E-state index in [2.05, 4.69) is 14.2 Å². The Morgan fingerprint density at radius 3 is 0.747 bits per heavy atom. The molecule has 0 rings (SSSR count). The third-order valence-electron chi connectivity index (χ3n) is 8.69. The zero-order chi connectivity index (χ0) is 63.2. The van der Waals surface area contributed by atoms with Gasteiger partial charge in [0, 0.05) is 24.6 Å². The van der Waals surface area contributed by atoms with Gasteiger partial charge in [0.05, 0.1) is 108 Å². The zero-order valence-electron chi connectivity index (χ0n) is 50.0. The third kappa shape index (κ3) is 59.0. The van der Waals surface area contributed by atoms with Crippen LogP contribution in [0.2, 0.25) is 0 Å². The summed E-state index contributed by atoms with van der Waals surface area (Å²) in [4.78, 5) is 79.9. The normalized spacial score (nSPS) is 15.8. The molecule has 0 aromatic carbocycles. The van der Waals surface area contributed by atoms with Crippen molar-refractivity contribution in [2.24, 2.45) is 17.3 Å². The molecule has 0 aromatic heterocycles. The average molecular weight is 1250 g/mol. The first-order chi connectivity index (χ1) is 38.3. The number of alkyl halides is 1. The summed E-state index contributed by atoms with van der Waals surface area (Å²) in [5.74, 6) is 0.0799. The molecule has 0 aromatic rings. The van der Waals surface area contributed by atoms with E-state index in [1.165, 1.54) is 48.5 Å². The maximum atomic E-state index is 11.9. The molecule has 0 spiro atoms. The van der Waals surface area contributed by atoms with Gasteiger partial charge in [-0.3, -0.25) is 4.79 Å². The summed E-state index contributed by atoms with van der Waals surface area (Å²) in [5.41, 5.74) is -1.14. The van der Waals surface area contributed by atoms with E-state index in [1.54, 1.807) is 34.6 Å². The molecule has 0 aliphatic rings. The molecule has 12 atom stereocenters. The molecule has 0 aliphatic heterocycles. The highest BCUT2D eigenvalue weighted by molar-refractivity contribution is 6.92. The van der Waals surface area contributed by atoms with Gasteiger partial charge in [-0.25, -0.2) is 28.8 Å². The smallest absolute Gasteiger partial charge is 0.508 e. The molecule has 0 fully saturated rings. The Balaban J connectivity index is -0.000000841. The monoisotopic (exact) mass is 1250 g/mol. The van der Waals surface area contributed by atoms with Crippen LogP contribution >= 0.6 is 21.5 Å². The lowest BCUT2D eigenvalue weighted by Gasteiger charge is -2.34. The molecule has 0 saturated heterocycles. The number of hydrogen-bond acceptors (Lipinski definition) is 30. The van der Waals surface area contributed by atoms with E-state index in [1.807, 2.05) is 6.92 Å². The van der Waals surface area contributed by atoms with Crippen molar-refractivity contribution in [2.75, 3.05) is 118 Å². The van der Waals surface area contributed by atoms with Crippen LogP contribution in [0.3, 0.4) is 0 Å². The van der Waals surface area contributed by atoms with Gasteiger partial charge in [-0.2, -0.15) is 0 Å². The van der Waals surface area contributed by atoms with Crippen LogP contribution in [0.1, 0.15) is 90.0 Å². The van der Waals surface area contributed by atoms with E-state index in [0.29, 0.717) is 5.88 Å². The van der Waals surface area contributed by atoms with Crippen LogP contribution in [-0.4, -0.2) is 253 Å². The minimum Gasteiger partial charge on any atom is -1.51 e. The molecule has 12 unspecified atom stereocenters. The van der Waals surface area contributed by atoms with E-state index in [9.17, 15) is 54.0 Å². The van der Waals surface area contributed by atoms with Crippen LogP contribution in [0.4, 0.5) is 28.8 Å². The lowest BCUT2D eigenvalue weighted by Crippen LogP contribution is -2.44. The van der Waals surface area contributed by atoms with Crippen LogP contribution in [0.5, 0.6) is 0 Å². The highest BCUT2D eigenvalue weighted by atomic mass is 35.5. The minimum absolute atomic E-state index is 0. The number of halogens is 1. The van der Waals surface area contributed by atoms with Crippen LogP contribution in [0.25, 0.3) is 0 Å². The van der Waals surface area contributed by atoms with Gasteiger partial charge < -0.3 is 121 Å². The van der Waals surface area contributed by atoms with Gasteiger partial charge in [0.1, 0.15) is 70.7 Å². The first kappa shape index (κ1) is 84.9. The molecule has 0 radical (unpaired) electrons. The van der Waals surface area contributed by atoms with Crippen molar-refractivity contribution >= 4 is 64.4 Å². The van der Waals surface area contributed by atoms with Crippen LogP contribution in [0, 0.1) is 17.3 Å². The van der Waals surface area contributed by atoms with Gasteiger partial charge in [0.2, 0.25) is 0 Å². The minimum atomic E-state index is -1.14. The number of ether oxygens (including phenoxy) is 17. The summed E-state index contributed by atoms with van der Waals surface area (Å²) in [5, 5.41) is 54.9. The molecular weight excluding hydrogens is 1160 g/mol. The maximum Gasteiger partial charge on any atom is 0.508 e. The van der Waals surface area contributed by atoms with Gasteiger partial charge in [-0.05, 0) is 69.2 Å². The molecule has 0 bridgehead atoms. The van der Waals surface area contributed by atoms with Crippen LogP contribution < -0.4 is 0 Å². The van der Waals surface area contributed by atoms with Crippen molar-refractivity contribution in [1.82, 2.24) is 0 Å². The Labute approximate surface area is 494 Å². The lowest BCUT2D eigenvalue weighted by molar-refractivity contribution is -0.142. The lowest BCUT2D eigenvalue weighted by atomic mass is 9.92. The predicted octanol–water partition coefficient (Wildman–Crippen LogP) is 4.44. The Morgan fingerprint density at radius 1 is 0.325 bits per heavy atom. The summed E-state index contributed by atoms with van der Waals surface area (Å²) < 4.78 is 86.7. The Kier molecular flexibility index (Phi) is 53.0. The van der Waals surface area contributed by atoms with Crippen molar-refractivity contribution in [3.05, 3.63) is 0 Å². The number of carbonyl (C=O) groups is 7. The van der Waals surface area contributed by atoms with E-state index >= 15 is 0 Å². The SMILES string of the molecule is CC(=O)OCC(C)COC(=O)OCC(C)O.CC(O)COC(=O)OC(C)COCC(COCC(C)OC(=O)OCC(C)O)(COCC(C)OC(=O)OCC(C)O)COCC(C)OC(=O)OCC(C)O.CC(O)COC(=O)OCC(C)CCl.[PH-2]. The summed E-state index contributed by atoms with van der Waals surface area (Å²) in [6, 6.07) is 0. The highest BCUT2D eigenvalue weighted by Crippen LogP contribution is 2.23. The highest BCUT2D eigenvalue weighted by Gasteiger charge is 2.34. The van der Waals surface area contributed by atoms with E-state index < -0.39 is 103 Å². The molecule has 6 N–H and O–H groups in total. The first-order valence-corrected chi connectivity index (χ1v) is 26.8. The van der Waals surface area contributed by atoms with E-state index in [0.717, 1.165) is 0 Å². The van der Waals surface area contributed by atoms with Crippen molar-refractivity contribution in [1.29, 1.82) is 0 Å². The number of hydrogen-bond donors (Lipinski definition) is 6. The Morgan fingerprint density at radius 2 is 0.530 bits per heavy atom. The topological polar surface area (TPSA) is 398 Å². The van der Waals surface area contributed by atoms with Gasteiger partial charge in [0.15, 0.2) is 0 Å². The summed E-state index contributed by atoms with van der Waals surface area (Å²) in [6.45, 7) is 18.2. The van der Waals surface area contributed by atoms with Crippen molar-refractivity contribution in [2.45, 2.75) is 151 Å². The van der Waals surface area contributed by atoms with Crippen molar-refractivity contribution in [3.63, 3.8) is 0 Å². The second kappa shape index (κ2) is 51.8. The molecule has 492 valence electrons. The fraction of sp³-hybridized carbons (Fsp3) is 0.863. The third-order valence-corrected chi connectivity index (χ3v) is 9.22. The van der Waals surface area contributed by atoms with E-state index in [-0.39, 0.29) is 140 Å². The summed E-state index contributed by atoms with van der Waals surface area (Å²) in [7, 11) is 0. The number of esters is 1. The molecule has 83 heavy (non-hydrogen) atoms. The second-order valence-electron chi connectivity index (χ2n) is 19.5. The predicted molar refractivity (Wildman–Crippen MR) is 292 cm³/mol. The molecule has 32 heteroatoms. The Hall–Kier alpha value is -4.59. The molecule has 0 aliphatic carbocycles. The molecular formula is C51H94ClO30P-2. The zero-order valence-corrected chi connectivity index (χ0v) is 51.8. The van der Waals surface area contributed by atoms with Gasteiger partial charge in [-0.1, -0.05) is 13.8 Å². The van der Waals surface area contributed by atoms with Gasteiger partial charge >= 0.3 is 42.9 Å². The van der Waals surface area contributed by atoms with Crippen LogP contribution in [0.15, 0.2) is 0 Å². The molecule has 30 nitrogen and oxygen atoms in total. The number of aliphatic hydroxyl groups excluding tert-OH is 6. The van der Waals surface area contributed by atoms with Crippen molar-refractivity contribution < 1.29 is 145 Å². The Bertz CT molecular complexity index is 1530. The van der Waals surface area contributed by atoms with Gasteiger partial charge in [0.25, 0.3) is 0 Å². The molecule has 0 amide bonds. The second-order valence-corrected chi connectivity index (χ2v) is 19.8. The standard InChI is InChI=1S/C33H60O20.C10H18O6.C8H15ClO4.HP/c1-21(34)9-46-29(38)50-25(5)13-42-17-33(18-43-14-26(6)51-30(39)47-10-22(2)35,19-44-15-27(7)52-31(40)48-11-23(3)36)20-45-16-28(8)53-32(41)49-12-24(4)37;1-7(4-14-9(3)12)5-15-10(13)16-6-8(2)11;1-6(3-9)4-12-8(11)13-5-7(2)10;/h21-28,34-37H,9-20H2,1-8H3;7-8,11H,4-6H2,1-3H3;6-7,10H,3-5H2,1-2H3;1H/q;;;-2. The first-order valence-electron chi connectivity index (χ1n) is 26.3. The molecule has 0 heterocycles. The average Bonchev–Trinajstić information content (AvgIpc) is 3.45. The quantitative estimate of drug-likeness (QED) is 0.0214. The maximum absolute atomic E-state index is 11.9. The van der Waals surface area contributed by atoms with Gasteiger partial charge in [-0.15, -0.1) is 11.6 Å². The van der Waals surface area contributed by atoms with E-state index in [4.69, 9.17) is 88.1 Å². The summed E-state index contributed by atoms with van der Waals surface area (Å²) >= 11 is 5.49. The van der Waals surface area contributed by atoms with Crippen molar-refractivity contribution in [3.8, 4) is 0 Å². The molecule has 0 saturated carbocycles. The number of rotatable bonds is 39. The van der Waals surface area contributed by atoms with Crippen LogP contribution in [-0.2, 0) is 85.3 Å². The summed E-state index contributed by atoms with van der Waals surface area (Å²) in [6.07, 6.45) is -13.7.